The average molecular weight is 359 g/mol. The predicted molar refractivity (Wildman–Crippen MR) is 111 cm³/mol. The first-order chi connectivity index (χ1) is 13.2. The largest absolute Gasteiger partial charge is 0.504 e. The van der Waals surface area contributed by atoms with E-state index in [0.29, 0.717) is 6.54 Å². The lowest BCUT2D eigenvalue weighted by Crippen LogP contribution is -2.14. The molecule has 0 atom stereocenters. The van der Waals surface area contributed by atoms with Gasteiger partial charge in [-0.2, -0.15) is 0 Å². The Morgan fingerprint density at radius 1 is 0.815 bits per heavy atom. The number of benzene rings is 3. The molecule has 0 spiro atoms. The van der Waals surface area contributed by atoms with E-state index < -0.39 is 0 Å². The Hall–Kier alpha value is -2.96. The van der Waals surface area contributed by atoms with Crippen LogP contribution in [-0.4, -0.2) is 16.8 Å². The fourth-order valence-electron chi connectivity index (χ4n) is 3.04. The van der Waals surface area contributed by atoms with Crippen LogP contribution in [0.25, 0.3) is 10.8 Å². The van der Waals surface area contributed by atoms with Crippen molar-refractivity contribution < 1.29 is 10.2 Å². The minimum absolute atomic E-state index is 0.0703. The van der Waals surface area contributed by atoms with E-state index in [4.69, 9.17) is 0 Å². The Kier molecular flexibility index (Phi) is 6.73. The smallest absolute Gasteiger partial charge is 0.157 e. The van der Waals surface area contributed by atoms with Crippen LogP contribution in [0.1, 0.15) is 36.8 Å². The van der Waals surface area contributed by atoms with E-state index in [1.54, 1.807) is 6.07 Å². The van der Waals surface area contributed by atoms with E-state index in [1.807, 2.05) is 6.07 Å². The van der Waals surface area contributed by atoms with Crippen LogP contribution in [0.2, 0.25) is 0 Å². The van der Waals surface area contributed by atoms with Crippen molar-refractivity contribution in [3.05, 3.63) is 71.8 Å². The Bertz CT molecular complexity index is 948. The molecule has 0 aliphatic heterocycles. The Balaban J connectivity index is 1.34. The van der Waals surface area contributed by atoms with Crippen molar-refractivity contribution in [3.8, 4) is 23.3 Å². The monoisotopic (exact) mass is 359 g/mol. The lowest BCUT2D eigenvalue weighted by Gasteiger charge is -2.06. The summed E-state index contributed by atoms with van der Waals surface area (Å²) in [6.45, 7) is 1.62. The summed E-state index contributed by atoms with van der Waals surface area (Å²) in [6, 6.07) is 19.5. The summed E-state index contributed by atoms with van der Waals surface area (Å²) in [4.78, 5) is 0. The highest BCUT2D eigenvalue weighted by Gasteiger charge is 2.00. The first kappa shape index (κ1) is 18.8. The highest BCUT2D eigenvalue weighted by atomic mass is 16.3. The molecule has 138 valence electrons. The second-order valence-corrected chi connectivity index (χ2v) is 6.64. The van der Waals surface area contributed by atoms with Crippen molar-refractivity contribution in [3.63, 3.8) is 0 Å². The van der Waals surface area contributed by atoms with Gasteiger partial charge in [0.25, 0.3) is 0 Å². The van der Waals surface area contributed by atoms with Crippen molar-refractivity contribution in [2.45, 2.75) is 32.2 Å². The zero-order valence-electron chi connectivity index (χ0n) is 15.4. The third-order valence-corrected chi connectivity index (χ3v) is 4.54. The van der Waals surface area contributed by atoms with Crippen molar-refractivity contribution in [2.75, 3.05) is 6.54 Å². The standard InChI is InChI=1S/C24H25NO2/c26-23-15-14-19(17-24(23)27)18-25-16-7-3-1-2-4-9-20-11-8-12-21-10-5-6-13-22(20)21/h5-6,8,10-15,17,25-27H,1-3,7,16,18H2. The van der Waals surface area contributed by atoms with Crippen LogP contribution >= 0.6 is 0 Å². The van der Waals surface area contributed by atoms with E-state index in [9.17, 15) is 10.2 Å². The van der Waals surface area contributed by atoms with Crippen LogP contribution in [0.4, 0.5) is 0 Å². The van der Waals surface area contributed by atoms with Gasteiger partial charge >= 0.3 is 0 Å². The Labute approximate surface area is 160 Å². The maximum absolute atomic E-state index is 9.47. The second-order valence-electron chi connectivity index (χ2n) is 6.64. The fourth-order valence-corrected chi connectivity index (χ4v) is 3.04. The van der Waals surface area contributed by atoms with Crippen molar-refractivity contribution in [1.82, 2.24) is 5.32 Å². The normalized spacial score (nSPS) is 10.5. The molecule has 0 bridgehead atoms. The van der Waals surface area contributed by atoms with Gasteiger partial charge < -0.3 is 15.5 Å². The summed E-state index contributed by atoms with van der Waals surface area (Å²) in [5.41, 5.74) is 2.07. The fraction of sp³-hybridized carbons (Fsp3) is 0.250. The van der Waals surface area contributed by atoms with Gasteiger partial charge in [-0.3, -0.25) is 0 Å². The number of unbranched alkanes of at least 4 members (excludes halogenated alkanes) is 3. The van der Waals surface area contributed by atoms with Crippen LogP contribution in [0, 0.1) is 11.8 Å². The lowest BCUT2D eigenvalue weighted by atomic mass is 10.0. The van der Waals surface area contributed by atoms with Crippen molar-refractivity contribution in [1.29, 1.82) is 0 Å². The number of hydrogen-bond donors (Lipinski definition) is 3. The number of nitrogens with one attached hydrogen (secondary N) is 1. The van der Waals surface area contributed by atoms with Gasteiger partial charge in [0, 0.05) is 18.5 Å². The molecule has 0 aromatic heterocycles. The minimum atomic E-state index is -0.0802. The molecule has 0 saturated heterocycles. The van der Waals surface area contributed by atoms with Gasteiger partial charge in [0.2, 0.25) is 0 Å². The predicted octanol–water partition coefficient (Wildman–Crippen LogP) is 4.95. The molecule has 3 heteroatoms. The summed E-state index contributed by atoms with van der Waals surface area (Å²) in [5.74, 6) is 6.46. The van der Waals surface area contributed by atoms with E-state index >= 15 is 0 Å². The average Bonchev–Trinajstić information content (AvgIpc) is 2.69. The molecule has 0 radical (unpaired) electrons. The topological polar surface area (TPSA) is 52.5 Å². The molecule has 0 amide bonds. The summed E-state index contributed by atoms with van der Waals surface area (Å²) in [6.07, 6.45) is 4.24. The second kappa shape index (κ2) is 9.66. The van der Waals surface area contributed by atoms with Crippen molar-refractivity contribution >= 4 is 10.8 Å². The third-order valence-electron chi connectivity index (χ3n) is 4.54. The van der Waals surface area contributed by atoms with Gasteiger partial charge in [-0.15, -0.1) is 0 Å². The summed E-state index contributed by atoms with van der Waals surface area (Å²) in [5, 5.41) is 24.6. The molecule has 0 unspecified atom stereocenters. The zero-order chi connectivity index (χ0) is 18.9. The molecule has 3 rings (SSSR count). The molecule has 3 nitrogen and oxygen atoms in total. The van der Waals surface area contributed by atoms with Crippen molar-refractivity contribution in [2.24, 2.45) is 0 Å². The summed E-state index contributed by atoms with van der Waals surface area (Å²) in [7, 11) is 0. The van der Waals surface area contributed by atoms with Gasteiger partial charge in [0.15, 0.2) is 11.5 Å². The van der Waals surface area contributed by atoms with Gasteiger partial charge in [0.1, 0.15) is 0 Å². The molecule has 0 aliphatic carbocycles. The SMILES string of the molecule is Oc1ccc(CNCCCCCC#Cc2cccc3ccccc23)cc1O. The van der Waals surface area contributed by atoms with E-state index in [0.717, 1.165) is 43.4 Å². The van der Waals surface area contributed by atoms with Gasteiger partial charge in [0.05, 0.1) is 0 Å². The molecule has 3 N–H and O–H groups in total. The van der Waals surface area contributed by atoms with E-state index in [1.165, 1.54) is 16.8 Å². The Morgan fingerprint density at radius 2 is 1.67 bits per heavy atom. The maximum Gasteiger partial charge on any atom is 0.157 e. The number of fused-ring (bicyclic) bond motifs is 1. The first-order valence-corrected chi connectivity index (χ1v) is 9.42. The molecular formula is C24H25NO2. The molecule has 0 fully saturated rings. The minimum Gasteiger partial charge on any atom is -0.504 e. The highest BCUT2D eigenvalue weighted by Crippen LogP contribution is 2.24. The molecule has 3 aromatic carbocycles. The molecule has 3 aromatic rings. The van der Waals surface area contributed by atoms with Gasteiger partial charge in [-0.25, -0.2) is 0 Å². The Morgan fingerprint density at radius 3 is 2.56 bits per heavy atom. The van der Waals surface area contributed by atoms with Crippen LogP contribution in [0.3, 0.4) is 0 Å². The number of phenols is 2. The van der Waals surface area contributed by atoms with Gasteiger partial charge in [-0.1, -0.05) is 60.7 Å². The maximum atomic E-state index is 9.47. The summed E-state index contributed by atoms with van der Waals surface area (Å²) < 4.78 is 0. The number of phenolic OH excluding ortho intramolecular Hbond substituents is 2. The van der Waals surface area contributed by atoms with Crippen LogP contribution < -0.4 is 5.32 Å². The molecule has 0 saturated carbocycles. The van der Waals surface area contributed by atoms with Crippen LogP contribution in [0.5, 0.6) is 11.5 Å². The van der Waals surface area contributed by atoms with Crippen LogP contribution in [-0.2, 0) is 6.54 Å². The third kappa shape index (κ3) is 5.51. The molecular weight excluding hydrogens is 334 g/mol. The number of aromatic hydroxyl groups is 2. The van der Waals surface area contributed by atoms with Gasteiger partial charge in [-0.05, 0) is 53.9 Å². The molecule has 0 aliphatic rings. The zero-order valence-corrected chi connectivity index (χ0v) is 15.4. The van der Waals surface area contributed by atoms with Crippen LogP contribution in [0.15, 0.2) is 60.7 Å². The summed E-state index contributed by atoms with van der Waals surface area (Å²) >= 11 is 0. The quantitative estimate of drug-likeness (QED) is 0.318. The molecule has 27 heavy (non-hydrogen) atoms. The number of rotatable bonds is 7. The number of hydrogen-bond acceptors (Lipinski definition) is 3. The van der Waals surface area contributed by atoms with E-state index in [2.05, 4.69) is 59.6 Å². The molecule has 0 heterocycles. The lowest BCUT2D eigenvalue weighted by molar-refractivity contribution is 0.403. The first-order valence-electron chi connectivity index (χ1n) is 9.42. The highest BCUT2D eigenvalue weighted by molar-refractivity contribution is 5.88. The van der Waals surface area contributed by atoms with E-state index in [-0.39, 0.29) is 11.5 Å².